The molecule has 2 heterocycles. The van der Waals surface area contributed by atoms with Crippen LogP contribution < -0.4 is 15.6 Å². The Balaban J connectivity index is 1.78. The van der Waals surface area contributed by atoms with E-state index in [1.165, 1.54) is 31.5 Å². The maximum atomic E-state index is 13.9. The van der Waals surface area contributed by atoms with Gasteiger partial charge in [0, 0.05) is 17.7 Å². The van der Waals surface area contributed by atoms with Gasteiger partial charge in [-0.2, -0.15) is 5.10 Å². The van der Waals surface area contributed by atoms with Gasteiger partial charge < -0.3 is 10.1 Å². The summed E-state index contributed by atoms with van der Waals surface area (Å²) in [4.78, 5) is 28.1. The fourth-order valence-corrected chi connectivity index (χ4v) is 2.29. The minimum Gasteiger partial charge on any atom is -0.481 e. The van der Waals surface area contributed by atoms with Crippen molar-refractivity contribution in [2.24, 2.45) is 0 Å². The molecule has 2 aromatic heterocycles. The molecule has 0 radical (unpaired) electrons. The summed E-state index contributed by atoms with van der Waals surface area (Å²) in [6, 6.07) is 12.0. The van der Waals surface area contributed by atoms with Crippen molar-refractivity contribution in [3.05, 3.63) is 70.9 Å². The summed E-state index contributed by atoms with van der Waals surface area (Å²) in [6.07, 6.45) is 1.43. The standard InChI is InChI=1S/C18H15FN4O3/c1-26-17-8-6-12(10-20-17)21-16(24)11-23-18(25)9-7-15(22-23)13-4-2-3-5-14(13)19/h2-10H,11H2,1H3,(H,21,24). The Labute approximate surface area is 148 Å². The number of hydrogen-bond acceptors (Lipinski definition) is 5. The second-order valence-electron chi connectivity index (χ2n) is 5.33. The molecule has 0 bridgehead atoms. The van der Waals surface area contributed by atoms with Gasteiger partial charge in [0.05, 0.1) is 24.7 Å². The van der Waals surface area contributed by atoms with Crippen molar-refractivity contribution in [2.45, 2.75) is 6.54 Å². The number of carbonyl (C=O) groups excluding carboxylic acids is 1. The van der Waals surface area contributed by atoms with Crippen LogP contribution in [0.3, 0.4) is 0 Å². The Morgan fingerprint density at radius 1 is 1.19 bits per heavy atom. The molecule has 132 valence electrons. The van der Waals surface area contributed by atoms with E-state index in [0.717, 1.165) is 4.68 Å². The Bertz CT molecular complexity index is 986. The molecular formula is C18H15FN4O3. The third kappa shape index (κ3) is 3.92. The number of methoxy groups -OCH3 is 1. The van der Waals surface area contributed by atoms with Gasteiger partial charge in [-0.3, -0.25) is 9.59 Å². The zero-order valence-electron chi connectivity index (χ0n) is 13.8. The van der Waals surface area contributed by atoms with Gasteiger partial charge in [-0.05, 0) is 24.3 Å². The molecule has 3 rings (SSSR count). The molecule has 1 N–H and O–H groups in total. The van der Waals surface area contributed by atoms with E-state index in [1.54, 1.807) is 30.3 Å². The summed E-state index contributed by atoms with van der Waals surface area (Å²) in [6.45, 7) is -0.312. The lowest BCUT2D eigenvalue weighted by molar-refractivity contribution is -0.117. The van der Waals surface area contributed by atoms with Crippen LogP contribution in [0.25, 0.3) is 11.3 Å². The van der Waals surface area contributed by atoms with Crippen LogP contribution in [0.15, 0.2) is 59.5 Å². The minimum atomic E-state index is -0.465. The normalized spacial score (nSPS) is 10.4. The molecule has 0 unspecified atom stereocenters. The van der Waals surface area contributed by atoms with E-state index in [1.807, 2.05) is 0 Å². The van der Waals surface area contributed by atoms with E-state index in [9.17, 15) is 14.0 Å². The number of hydrogen-bond donors (Lipinski definition) is 1. The first kappa shape index (κ1) is 17.3. The molecule has 0 saturated carbocycles. The number of amides is 1. The molecule has 0 atom stereocenters. The summed E-state index contributed by atoms with van der Waals surface area (Å²) < 4.78 is 19.8. The minimum absolute atomic E-state index is 0.251. The van der Waals surface area contributed by atoms with Gasteiger partial charge >= 0.3 is 0 Å². The number of ether oxygens (including phenoxy) is 1. The smallest absolute Gasteiger partial charge is 0.267 e. The van der Waals surface area contributed by atoms with Gasteiger partial charge in [-0.15, -0.1) is 0 Å². The van der Waals surface area contributed by atoms with Crippen molar-refractivity contribution in [3.63, 3.8) is 0 Å². The number of carbonyl (C=O) groups is 1. The molecule has 0 fully saturated rings. The number of nitrogens with zero attached hydrogens (tertiary/aromatic N) is 3. The predicted molar refractivity (Wildman–Crippen MR) is 93.3 cm³/mol. The number of halogens is 1. The Hall–Kier alpha value is -3.55. The topological polar surface area (TPSA) is 86.1 Å². The highest BCUT2D eigenvalue weighted by Gasteiger charge is 2.11. The monoisotopic (exact) mass is 354 g/mol. The van der Waals surface area contributed by atoms with Gasteiger partial charge in [0.15, 0.2) is 0 Å². The van der Waals surface area contributed by atoms with E-state index in [-0.39, 0.29) is 17.8 Å². The van der Waals surface area contributed by atoms with Crippen LogP contribution in [0, 0.1) is 5.82 Å². The maximum absolute atomic E-state index is 13.9. The fourth-order valence-electron chi connectivity index (χ4n) is 2.29. The zero-order chi connectivity index (χ0) is 18.5. The van der Waals surface area contributed by atoms with Crippen molar-refractivity contribution in [3.8, 4) is 17.1 Å². The van der Waals surface area contributed by atoms with E-state index < -0.39 is 17.3 Å². The molecule has 0 aliphatic carbocycles. The molecule has 0 spiro atoms. The summed E-state index contributed by atoms with van der Waals surface area (Å²) in [7, 11) is 1.49. The number of nitrogens with one attached hydrogen (secondary N) is 1. The summed E-state index contributed by atoms with van der Waals surface area (Å²) >= 11 is 0. The fraction of sp³-hybridized carbons (Fsp3) is 0.111. The van der Waals surface area contributed by atoms with Gasteiger partial charge in [-0.1, -0.05) is 12.1 Å². The molecule has 7 nitrogen and oxygen atoms in total. The maximum Gasteiger partial charge on any atom is 0.267 e. The second kappa shape index (κ2) is 7.56. The van der Waals surface area contributed by atoms with Gasteiger partial charge in [0.25, 0.3) is 5.56 Å². The molecule has 26 heavy (non-hydrogen) atoms. The first-order valence-electron chi connectivity index (χ1n) is 7.70. The van der Waals surface area contributed by atoms with Crippen LogP contribution in [-0.4, -0.2) is 27.8 Å². The lowest BCUT2D eigenvalue weighted by atomic mass is 10.1. The summed E-state index contributed by atoms with van der Waals surface area (Å²) in [5.41, 5.74) is 0.504. The number of benzene rings is 1. The van der Waals surface area contributed by atoms with Gasteiger partial charge in [0.1, 0.15) is 12.4 Å². The van der Waals surface area contributed by atoms with Crippen molar-refractivity contribution in [1.82, 2.24) is 14.8 Å². The van der Waals surface area contributed by atoms with E-state index >= 15 is 0 Å². The second-order valence-corrected chi connectivity index (χ2v) is 5.33. The van der Waals surface area contributed by atoms with Crippen LogP contribution in [-0.2, 0) is 11.3 Å². The number of pyridine rings is 1. The van der Waals surface area contributed by atoms with Crippen LogP contribution >= 0.6 is 0 Å². The lowest BCUT2D eigenvalue weighted by Crippen LogP contribution is -2.29. The number of aromatic nitrogens is 3. The van der Waals surface area contributed by atoms with Crippen molar-refractivity contribution in [2.75, 3.05) is 12.4 Å². The molecule has 0 aliphatic rings. The highest BCUT2D eigenvalue weighted by molar-refractivity contribution is 5.90. The first-order chi connectivity index (χ1) is 12.6. The van der Waals surface area contributed by atoms with E-state index in [0.29, 0.717) is 11.6 Å². The third-order valence-corrected chi connectivity index (χ3v) is 3.54. The number of anilines is 1. The van der Waals surface area contributed by atoms with E-state index in [4.69, 9.17) is 4.74 Å². The quantitative estimate of drug-likeness (QED) is 0.758. The highest BCUT2D eigenvalue weighted by atomic mass is 19.1. The van der Waals surface area contributed by atoms with Crippen LogP contribution in [0.2, 0.25) is 0 Å². The molecule has 1 aromatic carbocycles. The van der Waals surface area contributed by atoms with Crippen LogP contribution in [0.1, 0.15) is 0 Å². The molecule has 0 aliphatic heterocycles. The predicted octanol–water partition coefficient (Wildman–Crippen LogP) is 2.09. The van der Waals surface area contributed by atoms with Crippen LogP contribution in [0.4, 0.5) is 10.1 Å². The Kier molecular flexibility index (Phi) is 5.02. The van der Waals surface area contributed by atoms with Crippen LogP contribution in [0.5, 0.6) is 5.88 Å². The van der Waals surface area contributed by atoms with E-state index in [2.05, 4.69) is 15.4 Å². The molecule has 1 amide bonds. The first-order valence-corrected chi connectivity index (χ1v) is 7.70. The Morgan fingerprint density at radius 2 is 2.00 bits per heavy atom. The lowest BCUT2D eigenvalue weighted by Gasteiger charge is -2.09. The largest absolute Gasteiger partial charge is 0.481 e. The molecule has 8 heteroatoms. The average Bonchev–Trinajstić information content (AvgIpc) is 2.65. The number of rotatable bonds is 5. The Morgan fingerprint density at radius 3 is 2.69 bits per heavy atom. The highest BCUT2D eigenvalue weighted by Crippen LogP contribution is 2.18. The zero-order valence-corrected chi connectivity index (χ0v) is 13.8. The molecule has 0 saturated heterocycles. The van der Waals surface area contributed by atoms with Gasteiger partial charge in [0.2, 0.25) is 11.8 Å². The molecule has 3 aromatic rings. The van der Waals surface area contributed by atoms with Crippen molar-refractivity contribution >= 4 is 11.6 Å². The summed E-state index contributed by atoms with van der Waals surface area (Å²) in [5.74, 6) is -0.505. The SMILES string of the molecule is COc1ccc(NC(=O)Cn2nc(-c3ccccc3F)ccc2=O)cn1. The van der Waals surface area contributed by atoms with Crippen molar-refractivity contribution in [1.29, 1.82) is 0 Å². The third-order valence-electron chi connectivity index (χ3n) is 3.54. The van der Waals surface area contributed by atoms with Gasteiger partial charge in [-0.25, -0.2) is 14.1 Å². The average molecular weight is 354 g/mol. The summed E-state index contributed by atoms with van der Waals surface area (Å²) in [5, 5.41) is 6.69. The van der Waals surface area contributed by atoms with Crippen molar-refractivity contribution < 1.29 is 13.9 Å². The molecular weight excluding hydrogens is 339 g/mol.